The molecule has 2 amide bonds. The van der Waals surface area contributed by atoms with E-state index in [9.17, 15) is 9.59 Å². The van der Waals surface area contributed by atoms with Gasteiger partial charge in [-0.25, -0.2) is 0 Å². The summed E-state index contributed by atoms with van der Waals surface area (Å²) in [6, 6.07) is 37.7. The molecule has 4 nitrogen and oxygen atoms in total. The molecule has 1 unspecified atom stereocenters. The molecule has 0 fully saturated rings. The molecule has 0 bridgehead atoms. The zero-order chi connectivity index (χ0) is 27.6. The van der Waals surface area contributed by atoms with Gasteiger partial charge < -0.3 is 10.2 Å². The molecule has 4 heteroatoms. The predicted molar refractivity (Wildman–Crippen MR) is 158 cm³/mol. The number of aryl methyl sites for hydroxylation is 1. The number of rotatable bonds is 11. The standard InChI is InChI=1S/C35H38N2O2/c1-26(2)36-35(39)33(23-28-13-7-4-8-14-28)37(25-29-21-19-27(3)20-22-29)34(38)24-32(30-15-9-5-10-16-30)31-17-11-6-12-18-31/h4-22,26,32-33H,23-25H2,1-3H3,(H,36,39). The second-order valence-corrected chi connectivity index (χ2v) is 10.5. The van der Waals surface area contributed by atoms with Crippen LogP contribution in [0.5, 0.6) is 0 Å². The molecular formula is C35H38N2O2. The molecule has 0 saturated heterocycles. The average Bonchev–Trinajstić information content (AvgIpc) is 2.95. The Balaban J connectivity index is 1.73. The van der Waals surface area contributed by atoms with Crippen LogP contribution in [0.2, 0.25) is 0 Å². The maximum Gasteiger partial charge on any atom is 0.243 e. The minimum Gasteiger partial charge on any atom is -0.352 e. The number of benzene rings is 4. The van der Waals surface area contributed by atoms with E-state index in [1.54, 1.807) is 4.90 Å². The minimum absolute atomic E-state index is 0.0338. The molecule has 4 rings (SSSR count). The maximum atomic E-state index is 14.3. The number of hydrogen-bond acceptors (Lipinski definition) is 2. The third-order valence-electron chi connectivity index (χ3n) is 6.96. The minimum atomic E-state index is -0.643. The molecule has 0 saturated carbocycles. The van der Waals surface area contributed by atoms with Crippen molar-refractivity contribution in [2.45, 2.75) is 58.2 Å². The van der Waals surface area contributed by atoms with Crippen LogP contribution in [0.25, 0.3) is 0 Å². The Bertz CT molecular complexity index is 1280. The van der Waals surface area contributed by atoms with Crippen molar-refractivity contribution in [1.29, 1.82) is 0 Å². The van der Waals surface area contributed by atoms with Gasteiger partial charge >= 0.3 is 0 Å². The largest absolute Gasteiger partial charge is 0.352 e. The summed E-state index contributed by atoms with van der Waals surface area (Å²) in [4.78, 5) is 29.8. The van der Waals surface area contributed by atoms with Crippen LogP contribution in [0, 0.1) is 6.92 Å². The number of hydrogen-bond donors (Lipinski definition) is 1. The van der Waals surface area contributed by atoms with E-state index in [-0.39, 0.29) is 30.2 Å². The first kappa shape index (κ1) is 27.8. The first-order valence-corrected chi connectivity index (χ1v) is 13.7. The summed E-state index contributed by atoms with van der Waals surface area (Å²) >= 11 is 0. The van der Waals surface area contributed by atoms with E-state index in [0.717, 1.165) is 27.8 Å². The third kappa shape index (κ3) is 7.90. The highest BCUT2D eigenvalue weighted by atomic mass is 16.2. The second-order valence-electron chi connectivity index (χ2n) is 10.5. The van der Waals surface area contributed by atoms with Gasteiger partial charge in [-0.3, -0.25) is 9.59 Å². The van der Waals surface area contributed by atoms with Crippen LogP contribution in [0.15, 0.2) is 115 Å². The van der Waals surface area contributed by atoms with Gasteiger partial charge in [-0.1, -0.05) is 121 Å². The zero-order valence-electron chi connectivity index (χ0n) is 23.1. The highest BCUT2D eigenvalue weighted by molar-refractivity contribution is 5.88. The summed E-state index contributed by atoms with van der Waals surface area (Å²) in [6.07, 6.45) is 0.707. The lowest BCUT2D eigenvalue weighted by Crippen LogP contribution is -2.52. The van der Waals surface area contributed by atoms with Gasteiger partial charge in [0.2, 0.25) is 11.8 Å². The van der Waals surface area contributed by atoms with E-state index in [1.165, 1.54) is 0 Å². The van der Waals surface area contributed by atoms with E-state index >= 15 is 0 Å². The molecule has 4 aromatic carbocycles. The highest BCUT2D eigenvalue weighted by Crippen LogP contribution is 2.30. The Morgan fingerprint density at radius 1 is 0.692 bits per heavy atom. The summed E-state index contributed by atoms with van der Waals surface area (Å²) in [5.74, 6) is -0.302. The van der Waals surface area contributed by atoms with Crippen molar-refractivity contribution in [3.05, 3.63) is 143 Å². The molecule has 0 radical (unpaired) electrons. The zero-order valence-corrected chi connectivity index (χ0v) is 23.1. The molecule has 0 aliphatic rings. The van der Waals surface area contributed by atoms with Gasteiger partial charge in [-0.2, -0.15) is 0 Å². The van der Waals surface area contributed by atoms with Crippen LogP contribution in [-0.2, 0) is 22.6 Å². The lowest BCUT2D eigenvalue weighted by molar-refractivity contribution is -0.141. The number of nitrogens with one attached hydrogen (secondary N) is 1. The summed E-state index contributed by atoms with van der Waals surface area (Å²) in [5, 5.41) is 3.08. The summed E-state index contributed by atoms with van der Waals surface area (Å²) in [7, 11) is 0. The van der Waals surface area contributed by atoms with E-state index in [2.05, 4.69) is 41.7 Å². The normalized spacial score (nSPS) is 11.8. The average molecular weight is 519 g/mol. The van der Waals surface area contributed by atoms with Crippen LogP contribution >= 0.6 is 0 Å². The van der Waals surface area contributed by atoms with Gasteiger partial charge in [0.1, 0.15) is 6.04 Å². The smallest absolute Gasteiger partial charge is 0.243 e. The lowest BCUT2D eigenvalue weighted by Gasteiger charge is -2.33. The van der Waals surface area contributed by atoms with E-state index < -0.39 is 6.04 Å². The van der Waals surface area contributed by atoms with Crippen molar-refractivity contribution >= 4 is 11.8 Å². The Hall–Kier alpha value is -4.18. The lowest BCUT2D eigenvalue weighted by atomic mass is 9.87. The molecule has 0 aliphatic heterocycles. The van der Waals surface area contributed by atoms with Gasteiger partial charge in [0.05, 0.1) is 0 Å². The Kier molecular flexibility index (Phi) is 9.69. The van der Waals surface area contributed by atoms with Gasteiger partial charge in [0.25, 0.3) is 0 Å². The van der Waals surface area contributed by atoms with E-state index in [4.69, 9.17) is 0 Å². The molecule has 0 aliphatic carbocycles. The summed E-state index contributed by atoms with van der Waals surface area (Å²) in [6.45, 7) is 6.30. The molecule has 200 valence electrons. The van der Waals surface area contributed by atoms with Crippen LogP contribution < -0.4 is 5.32 Å². The second kappa shape index (κ2) is 13.6. The Morgan fingerprint density at radius 2 is 1.21 bits per heavy atom. The predicted octanol–water partition coefficient (Wildman–Crippen LogP) is 6.68. The van der Waals surface area contributed by atoms with Crippen molar-refractivity contribution in [1.82, 2.24) is 10.2 Å². The summed E-state index contributed by atoms with van der Waals surface area (Å²) in [5.41, 5.74) is 5.34. The Labute approximate surface area is 232 Å². The SMILES string of the molecule is Cc1ccc(CN(C(=O)CC(c2ccccc2)c2ccccc2)C(Cc2ccccc2)C(=O)NC(C)C)cc1. The van der Waals surface area contributed by atoms with Crippen molar-refractivity contribution in [3.63, 3.8) is 0 Å². The topological polar surface area (TPSA) is 49.4 Å². The molecule has 4 aromatic rings. The monoisotopic (exact) mass is 518 g/mol. The molecule has 39 heavy (non-hydrogen) atoms. The van der Waals surface area contributed by atoms with Crippen molar-refractivity contribution in [2.24, 2.45) is 0 Å². The van der Waals surface area contributed by atoms with Crippen LogP contribution in [0.4, 0.5) is 0 Å². The van der Waals surface area contributed by atoms with E-state index in [0.29, 0.717) is 13.0 Å². The van der Waals surface area contributed by atoms with Crippen LogP contribution in [0.3, 0.4) is 0 Å². The molecule has 0 spiro atoms. The molecule has 0 aromatic heterocycles. The fraction of sp³-hybridized carbons (Fsp3) is 0.257. The van der Waals surface area contributed by atoms with Gasteiger partial charge in [-0.05, 0) is 43.0 Å². The van der Waals surface area contributed by atoms with E-state index in [1.807, 2.05) is 99.6 Å². The van der Waals surface area contributed by atoms with Crippen LogP contribution in [-0.4, -0.2) is 28.8 Å². The molecule has 1 N–H and O–H groups in total. The molecule has 0 heterocycles. The molecule has 1 atom stereocenters. The number of nitrogens with zero attached hydrogens (tertiary/aromatic N) is 1. The van der Waals surface area contributed by atoms with Crippen molar-refractivity contribution in [2.75, 3.05) is 0 Å². The van der Waals surface area contributed by atoms with Crippen LogP contribution in [0.1, 0.15) is 54.0 Å². The maximum absolute atomic E-state index is 14.3. The van der Waals surface area contributed by atoms with Gasteiger partial charge in [-0.15, -0.1) is 0 Å². The summed E-state index contributed by atoms with van der Waals surface area (Å²) < 4.78 is 0. The van der Waals surface area contributed by atoms with Gasteiger partial charge in [0, 0.05) is 31.3 Å². The Morgan fingerprint density at radius 3 is 1.72 bits per heavy atom. The van der Waals surface area contributed by atoms with Gasteiger partial charge in [0.15, 0.2) is 0 Å². The van der Waals surface area contributed by atoms with Crippen molar-refractivity contribution in [3.8, 4) is 0 Å². The number of carbonyl (C=O) groups excluding carboxylic acids is 2. The quantitative estimate of drug-likeness (QED) is 0.241. The third-order valence-corrected chi connectivity index (χ3v) is 6.96. The fourth-order valence-electron chi connectivity index (χ4n) is 4.92. The highest BCUT2D eigenvalue weighted by Gasteiger charge is 2.32. The number of carbonyl (C=O) groups is 2. The number of amides is 2. The van der Waals surface area contributed by atoms with Crippen molar-refractivity contribution < 1.29 is 9.59 Å². The first-order chi connectivity index (χ1) is 18.9. The fourth-order valence-corrected chi connectivity index (χ4v) is 4.92. The first-order valence-electron chi connectivity index (χ1n) is 13.7. The molecular weight excluding hydrogens is 480 g/mol.